The summed E-state index contributed by atoms with van der Waals surface area (Å²) in [6.07, 6.45) is 3.31. The Morgan fingerprint density at radius 3 is 2.35 bits per heavy atom. The van der Waals surface area contributed by atoms with Crippen molar-refractivity contribution >= 4 is 11.9 Å². The normalized spacial score (nSPS) is 11.9. The van der Waals surface area contributed by atoms with Gasteiger partial charge in [-0.05, 0) is 19.3 Å². The molecule has 0 fully saturated rings. The molecule has 0 aliphatic heterocycles. The van der Waals surface area contributed by atoms with Gasteiger partial charge in [-0.15, -0.1) is 0 Å². The van der Waals surface area contributed by atoms with Crippen LogP contribution in [0, 0.1) is 0 Å². The lowest BCUT2D eigenvalue weighted by molar-refractivity contribution is -0.147. The van der Waals surface area contributed by atoms with Crippen LogP contribution in [0.25, 0.3) is 0 Å². The summed E-state index contributed by atoms with van der Waals surface area (Å²) in [5, 5.41) is 0. The Bertz CT molecular complexity index is 227. The van der Waals surface area contributed by atoms with Crippen molar-refractivity contribution in [3.05, 3.63) is 0 Å². The van der Waals surface area contributed by atoms with Gasteiger partial charge >= 0.3 is 11.9 Å². The van der Waals surface area contributed by atoms with Gasteiger partial charge in [0, 0.05) is 33.5 Å². The second-order valence-corrected chi connectivity index (χ2v) is 3.83. The van der Waals surface area contributed by atoms with E-state index < -0.39 is 0 Å². The minimum atomic E-state index is -0.279. The molecule has 0 unspecified atom stereocenters. The second-order valence-electron chi connectivity index (χ2n) is 3.83. The minimum absolute atomic E-state index is 0.120. The van der Waals surface area contributed by atoms with Gasteiger partial charge in [-0.1, -0.05) is 0 Å². The van der Waals surface area contributed by atoms with Gasteiger partial charge in [0.25, 0.3) is 0 Å². The molecule has 0 bridgehead atoms. The summed E-state index contributed by atoms with van der Waals surface area (Å²) in [4.78, 5) is 21.7. The Balaban J connectivity index is 3.74. The quantitative estimate of drug-likeness (QED) is 0.457. The van der Waals surface area contributed by atoms with Gasteiger partial charge < -0.3 is 14.2 Å². The van der Waals surface area contributed by atoms with E-state index >= 15 is 0 Å². The Labute approximate surface area is 102 Å². The first-order valence-corrected chi connectivity index (χ1v) is 5.83. The molecule has 5 nitrogen and oxygen atoms in total. The number of ether oxygens (including phenoxy) is 3. The van der Waals surface area contributed by atoms with Crippen LogP contribution in [0.15, 0.2) is 0 Å². The minimum Gasteiger partial charge on any atom is -0.469 e. The monoisotopic (exact) mass is 246 g/mol. The highest BCUT2D eigenvalue weighted by atomic mass is 16.5. The Morgan fingerprint density at radius 1 is 1.12 bits per heavy atom. The molecular formula is C12H22O5. The lowest BCUT2D eigenvalue weighted by atomic mass is 10.1. The molecule has 0 radical (unpaired) electrons. The fourth-order valence-corrected chi connectivity index (χ4v) is 1.49. The van der Waals surface area contributed by atoms with Crippen molar-refractivity contribution in [2.75, 3.05) is 20.8 Å². The molecule has 0 amide bonds. The van der Waals surface area contributed by atoms with E-state index in [1.165, 1.54) is 14.0 Å². The molecule has 0 aromatic heterocycles. The lowest BCUT2D eigenvalue weighted by Crippen LogP contribution is -2.18. The fraction of sp³-hybridized carbons (Fsp3) is 0.833. The van der Waals surface area contributed by atoms with E-state index in [1.807, 2.05) is 0 Å². The second kappa shape index (κ2) is 10.1. The number of carbonyl (C=O) groups excluding carboxylic acids is 2. The zero-order valence-electron chi connectivity index (χ0n) is 10.9. The molecule has 0 aliphatic rings. The highest BCUT2D eigenvalue weighted by molar-refractivity contribution is 5.69. The molecular weight excluding hydrogens is 224 g/mol. The third kappa shape index (κ3) is 9.81. The summed E-state index contributed by atoms with van der Waals surface area (Å²) >= 11 is 0. The van der Waals surface area contributed by atoms with Crippen molar-refractivity contribution in [1.29, 1.82) is 0 Å². The third-order valence-electron chi connectivity index (χ3n) is 2.36. The van der Waals surface area contributed by atoms with E-state index in [-0.39, 0.29) is 18.0 Å². The molecule has 1 atom stereocenters. The first-order chi connectivity index (χ1) is 8.10. The number of unbranched alkanes of at least 4 members (excludes halogenated alkanes) is 1. The molecule has 0 aromatic carbocycles. The Kier molecular flexibility index (Phi) is 9.43. The van der Waals surface area contributed by atoms with Crippen molar-refractivity contribution in [2.24, 2.45) is 0 Å². The van der Waals surface area contributed by atoms with Crippen LogP contribution in [0.5, 0.6) is 0 Å². The average molecular weight is 246 g/mol. The van der Waals surface area contributed by atoms with Crippen molar-refractivity contribution in [2.45, 2.75) is 45.1 Å². The number of hydrogen-bond acceptors (Lipinski definition) is 5. The Morgan fingerprint density at radius 2 is 1.82 bits per heavy atom. The number of hydrogen-bond donors (Lipinski definition) is 0. The summed E-state index contributed by atoms with van der Waals surface area (Å²) < 4.78 is 14.6. The van der Waals surface area contributed by atoms with Crippen LogP contribution in [0.3, 0.4) is 0 Å². The van der Waals surface area contributed by atoms with E-state index in [9.17, 15) is 9.59 Å². The van der Waals surface area contributed by atoms with Crippen LogP contribution >= 0.6 is 0 Å². The van der Waals surface area contributed by atoms with Gasteiger partial charge in [-0.2, -0.15) is 0 Å². The van der Waals surface area contributed by atoms with Crippen molar-refractivity contribution in [3.8, 4) is 0 Å². The largest absolute Gasteiger partial charge is 0.469 e. The molecule has 17 heavy (non-hydrogen) atoms. The topological polar surface area (TPSA) is 61.8 Å². The van der Waals surface area contributed by atoms with Gasteiger partial charge in [0.2, 0.25) is 0 Å². The van der Waals surface area contributed by atoms with Gasteiger partial charge in [0.1, 0.15) is 6.10 Å². The number of carbonyl (C=O) groups is 2. The van der Waals surface area contributed by atoms with Gasteiger partial charge in [0.15, 0.2) is 0 Å². The molecule has 5 heteroatoms. The number of rotatable bonds is 9. The van der Waals surface area contributed by atoms with Crippen LogP contribution in [0.4, 0.5) is 0 Å². The van der Waals surface area contributed by atoms with Crippen molar-refractivity contribution in [3.63, 3.8) is 0 Å². The molecule has 0 N–H and O–H groups in total. The first kappa shape index (κ1) is 15.9. The fourth-order valence-electron chi connectivity index (χ4n) is 1.49. The molecule has 0 spiro atoms. The van der Waals surface area contributed by atoms with Crippen LogP contribution in [-0.4, -0.2) is 38.9 Å². The maximum absolute atomic E-state index is 10.9. The van der Waals surface area contributed by atoms with Gasteiger partial charge in [0.05, 0.1) is 7.11 Å². The van der Waals surface area contributed by atoms with Crippen molar-refractivity contribution in [1.82, 2.24) is 0 Å². The molecule has 0 aliphatic carbocycles. The summed E-state index contributed by atoms with van der Waals surface area (Å²) in [7, 11) is 2.99. The lowest BCUT2D eigenvalue weighted by Gasteiger charge is -2.16. The maximum Gasteiger partial charge on any atom is 0.305 e. The van der Waals surface area contributed by atoms with Crippen molar-refractivity contribution < 1.29 is 23.8 Å². The molecule has 0 aromatic rings. The molecule has 0 saturated heterocycles. The van der Waals surface area contributed by atoms with E-state index in [0.717, 1.165) is 19.3 Å². The summed E-state index contributed by atoms with van der Waals surface area (Å²) in [5.74, 6) is -0.481. The summed E-state index contributed by atoms with van der Waals surface area (Å²) in [5.41, 5.74) is 0. The van der Waals surface area contributed by atoms with Crippen LogP contribution in [0.1, 0.15) is 39.0 Å². The van der Waals surface area contributed by atoms with Crippen LogP contribution in [0.2, 0.25) is 0 Å². The standard InChI is InChI=1S/C12H22O5/c1-10(13)17-11(8-9-15-2)6-4-5-7-12(14)16-3/h11H,4-9H2,1-3H3/t11-/m0/s1. The first-order valence-electron chi connectivity index (χ1n) is 5.83. The molecule has 100 valence electrons. The molecule has 0 rings (SSSR count). The van der Waals surface area contributed by atoms with Gasteiger partial charge in [-0.3, -0.25) is 9.59 Å². The van der Waals surface area contributed by atoms with Gasteiger partial charge in [-0.25, -0.2) is 0 Å². The summed E-state index contributed by atoms with van der Waals surface area (Å²) in [6.45, 7) is 1.96. The van der Waals surface area contributed by atoms with Crippen LogP contribution in [-0.2, 0) is 23.8 Å². The number of methoxy groups -OCH3 is 2. The number of esters is 2. The average Bonchev–Trinajstić information content (AvgIpc) is 2.30. The zero-order chi connectivity index (χ0) is 13.1. The Hall–Kier alpha value is -1.10. The zero-order valence-corrected chi connectivity index (χ0v) is 10.9. The van der Waals surface area contributed by atoms with E-state index in [0.29, 0.717) is 19.4 Å². The van der Waals surface area contributed by atoms with E-state index in [4.69, 9.17) is 9.47 Å². The van der Waals surface area contributed by atoms with E-state index in [2.05, 4.69) is 4.74 Å². The highest BCUT2D eigenvalue weighted by Gasteiger charge is 2.12. The van der Waals surface area contributed by atoms with E-state index in [1.54, 1.807) is 7.11 Å². The highest BCUT2D eigenvalue weighted by Crippen LogP contribution is 2.11. The smallest absolute Gasteiger partial charge is 0.305 e. The predicted octanol–water partition coefficient (Wildman–Crippen LogP) is 1.69. The third-order valence-corrected chi connectivity index (χ3v) is 2.36. The SMILES string of the molecule is COCC[C@H](CCCCC(=O)OC)OC(C)=O. The molecule has 0 heterocycles. The van der Waals surface area contributed by atoms with Crippen LogP contribution < -0.4 is 0 Å². The maximum atomic E-state index is 10.9. The predicted molar refractivity (Wildman–Crippen MR) is 62.5 cm³/mol. The summed E-state index contributed by atoms with van der Waals surface area (Å²) in [6, 6.07) is 0. The molecule has 0 saturated carbocycles.